The molecule has 0 bridgehead atoms. The molecule has 1 rings (SSSR count). The molecule has 0 unspecified atom stereocenters. The molecule has 9 heavy (non-hydrogen) atoms. The maximum Gasteiger partial charge on any atom is 0.146 e. The summed E-state index contributed by atoms with van der Waals surface area (Å²) < 4.78 is 15.0. The Morgan fingerprint density at radius 2 is 2.56 bits per heavy atom. The summed E-state index contributed by atoms with van der Waals surface area (Å²) in [5.74, 6) is 0. The van der Waals surface area contributed by atoms with E-state index in [1.54, 1.807) is 7.11 Å². The third-order valence-electron chi connectivity index (χ3n) is 1.31. The Kier molecular flexibility index (Phi) is 2.97. The number of ether oxygens (including phenoxy) is 3. The first-order valence-electron chi connectivity index (χ1n) is 3.12. The van der Waals surface area contributed by atoms with Crippen molar-refractivity contribution in [1.29, 1.82) is 0 Å². The average molecular weight is 132 g/mol. The molecule has 0 aromatic heterocycles. The van der Waals surface area contributed by atoms with Crippen LogP contribution in [0.25, 0.3) is 0 Å². The number of hydrogen-bond donors (Lipinski definition) is 0. The molecule has 1 heterocycles. The van der Waals surface area contributed by atoms with Crippen molar-refractivity contribution in [1.82, 2.24) is 0 Å². The molecule has 0 saturated carbocycles. The Bertz CT molecular complexity index is 68.7. The second kappa shape index (κ2) is 3.82. The molecule has 0 aromatic rings. The molecule has 1 saturated heterocycles. The normalized spacial score (nSPS) is 27.0. The quantitative estimate of drug-likeness (QED) is 0.520. The monoisotopic (exact) mass is 132 g/mol. The van der Waals surface area contributed by atoms with Gasteiger partial charge in [0.2, 0.25) is 0 Å². The highest BCUT2D eigenvalue weighted by Crippen LogP contribution is 2.07. The zero-order valence-corrected chi connectivity index (χ0v) is 5.63. The molecule has 0 N–H and O–H groups in total. The van der Waals surface area contributed by atoms with Gasteiger partial charge >= 0.3 is 0 Å². The fourth-order valence-electron chi connectivity index (χ4n) is 0.809. The summed E-state index contributed by atoms with van der Waals surface area (Å²) in [6, 6.07) is 0. The van der Waals surface area contributed by atoms with Gasteiger partial charge in [-0.3, -0.25) is 0 Å². The summed E-state index contributed by atoms with van der Waals surface area (Å²) in [4.78, 5) is 0. The van der Waals surface area contributed by atoms with Crippen molar-refractivity contribution in [3.63, 3.8) is 0 Å². The van der Waals surface area contributed by atoms with Gasteiger partial charge in [-0.2, -0.15) is 0 Å². The third kappa shape index (κ3) is 2.30. The predicted molar refractivity (Wildman–Crippen MR) is 32.2 cm³/mol. The lowest BCUT2D eigenvalue weighted by atomic mass is 10.3. The highest BCUT2D eigenvalue weighted by atomic mass is 16.7. The van der Waals surface area contributed by atoms with Gasteiger partial charge in [0.05, 0.1) is 12.7 Å². The average Bonchev–Trinajstić information content (AvgIpc) is 2.34. The lowest BCUT2D eigenvalue weighted by Crippen LogP contribution is -2.13. The molecule has 0 aromatic carbocycles. The Labute approximate surface area is 54.9 Å². The predicted octanol–water partition coefficient (Wildman–Crippen LogP) is 0.396. The molecule has 1 atom stereocenters. The van der Waals surface area contributed by atoms with Crippen LogP contribution in [0.15, 0.2) is 0 Å². The molecule has 3 heteroatoms. The van der Waals surface area contributed by atoms with Gasteiger partial charge in [-0.15, -0.1) is 0 Å². The van der Waals surface area contributed by atoms with E-state index in [0.717, 1.165) is 19.6 Å². The molecule has 0 radical (unpaired) electrons. The van der Waals surface area contributed by atoms with Crippen LogP contribution < -0.4 is 0 Å². The van der Waals surface area contributed by atoms with Crippen LogP contribution in [0, 0.1) is 0 Å². The largest absolute Gasteiger partial charge is 0.379 e. The van der Waals surface area contributed by atoms with Gasteiger partial charge in [0, 0.05) is 13.7 Å². The van der Waals surface area contributed by atoms with Crippen molar-refractivity contribution in [2.75, 3.05) is 27.1 Å². The van der Waals surface area contributed by atoms with Crippen molar-refractivity contribution in [2.24, 2.45) is 0 Å². The molecule has 54 valence electrons. The summed E-state index contributed by atoms with van der Waals surface area (Å²) in [5.41, 5.74) is 0. The fourth-order valence-corrected chi connectivity index (χ4v) is 0.809. The first-order chi connectivity index (χ1) is 4.43. The van der Waals surface area contributed by atoms with Gasteiger partial charge in [0.1, 0.15) is 6.79 Å². The Hall–Kier alpha value is -0.120. The maximum absolute atomic E-state index is 5.20. The van der Waals surface area contributed by atoms with E-state index in [1.807, 2.05) is 0 Å². The van der Waals surface area contributed by atoms with Crippen molar-refractivity contribution < 1.29 is 14.2 Å². The molecular formula is C6H12O3. The van der Waals surface area contributed by atoms with Crippen LogP contribution in [0.2, 0.25) is 0 Å². The first-order valence-corrected chi connectivity index (χ1v) is 3.12. The summed E-state index contributed by atoms with van der Waals surface area (Å²) in [6.45, 7) is 1.94. The number of methoxy groups -OCH3 is 1. The van der Waals surface area contributed by atoms with E-state index in [0.29, 0.717) is 6.79 Å². The van der Waals surface area contributed by atoms with Gasteiger partial charge in [-0.25, -0.2) is 0 Å². The fraction of sp³-hybridized carbons (Fsp3) is 1.00. The van der Waals surface area contributed by atoms with Crippen LogP contribution in [0.4, 0.5) is 0 Å². The van der Waals surface area contributed by atoms with Crippen LogP contribution >= 0.6 is 0 Å². The second-order valence-electron chi connectivity index (χ2n) is 2.06. The molecule has 1 aliphatic rings. The molecule has 0 aliphatic carbocycles. The van der Waals surface area contributed by atoms with Crippen molar-refractivity contribution >= 4 is 0 Å². The van der Waals surface area contributed by atoms with Crippen molar-refractivity contribution in [3.05, 3.63) is 0 Å². The maximum atomic E-state index is 5.20. The highest BCUT2D eigenvalue weighted by molar-refractivity contribution is 4.61. The van der Waals surface area contributed by atoms with Crippen LogP contribution in [0.1, 0.15) is 6.42 Å². The molecular weight excluding hydrogens is 120 g/mol. The summed E-state index contributed by atoms with van der Waals surface area (Å²) >= 11 is 0. The van der Waals surface area contributed by atoms with E-state index in [4.69, 9.17) is 14.2 Å². The zero-order valence-electron chi connectivity index (χ0n) is 5.63. The van der Waals surface area contributed by atoms with Gasteiger partial charge in [-0.1, -0.05) is 0 Å². The minimum absolute atomic E-state index is 0.268. The van der Waals surface area contributed by atoms with E-state index < -0.39 is 0 Å². The van der Waals surface area contributed by atoms with Crippen LogP contribution in [-0.4, -0.2) is 33.2 Å². The topological polar surface area (TPSA) is 27.7 Å². The smallest absolute Gasteiger partial charge is 0.146 e. The SMILES string of the molecule is COCO[C@H]1CCOC1. The minimum atomic E-state index is 0.268. The Morgan fingerprint density at radius 3 is 3.11 bits per heavy atom. The van der Waals surface area contributed by atoms with Crippen LogP contribution in [0.3, 0.4) is 0 Å². The van der Waals surface area contributed by atoms with Gasteiger partial charge in [-0.05, 0) is 6.42 Å². The Balaban J connectivity index is 1.98. The molecule has 1 fully saturated rings. The van der Waals surface area contributed by atoms with Crippen molar-refractivity contribution in [3.8, 4) is 0 Å². The lowest BCUT2D eigenvalue weighted by Gasteiger charge is -2.06. The van der Waals surface area contributed by atoms with E-state index in [9.17, 15) is 0 Å². The van der Waals surface area contributed by atoms with E-state index in [-0.39, 0.29) is 6.10 Å². The minimum Gasteiger partial charge on any atom is -0.379 e. The third-order valence-corrected chi connectivity index (χ3v) is 1.31. The lowest BCUT2D eigenvalue weighted by molar-refractivity contribution is -0.0718. The van der Waals surface area contributed by atoms with E-state index in [2.05, 4.69) is 0 Å². The summed E-state index contributed by atoms with van der Waals surface area (Å²) in [6.07, 6.45) is 1.27. The molecule has 3 nitrogen and oxygen atoms in total. The second-order valence-corrected chi connectivity index (χ2v) is 2.06. The summed E-state index contributed by atoms with van der Waals surface area (Å²) in [7, 11) is 1.62. The van der Waals surface area contributed by atoms with Crippen molar-refractivity contribution in [2.45, 2.75) is 12.5 Å². The van der Waals surface area contributed by atoms with Crippen LogP contribution in [-0.2, 0) is 14.2 Å². The standard InChI is InChI=1S/C6H12O3/c1-7-5-9-6-2-3-8-4-6/h6H,2-5H2,1H3/t6-/m0/s1. The van der Waals surface area contributed by atoms with Gasteiger partial charge in [0.25, 0.3) is 0 Å². The molecule has 1 aliphatic heterocycles. The van der Waals surface area contributed by atoms with Crippen LogP contribution in [0.5, 0.6) is 0 Å². The first kappa shape index (κ1) is 6.99. The van der Waals surface area contributed by atoms with Gasteiger partial charge < -0.3 is 14.2 Å². The van der Waals surface area contributed by atoms with Gasteiger partial charge in [0.15, 0.2) is 0 Å². The van der Waals surface area contributed by atoms with E-state index in [1.165, 1.54) is 0 Å². The Morgan fingerprint density at radius 1 is 1.67 bits per heavy atom. The molecule has 0 spiro atoms. The zero-order chi connectivity index (χ0) is 6.53. The van der Waals surface area contributed by atoms with E-state index >= 15 is 0 Å². The summed E-state index contributed by atoms with van der Waals surface area (Å²) in [5, 5.41) is 0. The number of rotatable bonds is 3. The number of hydrogen-bond acceptors (Lipinski definition) is 3. The molecule has 0 amide bonds. The highest BCUT2D eigenvalue weighted by Gasteiger charge is 2.14.